The van der Waals surface area contributed by atoms with E-state index < -0.39 is 11.4 Å². The van der Waals surface area contributed by atoms with E-state index in [9.17, 15) is 13.6 Å². The molecule has 1 aliphatic rings. The van der Waals surface area contributed by atoms with Gasteiger partial charge in [-0.1, -0.05) is 23.7 Å². The van der Waals surface area contributed by atoms with Crippen LogP contribution in [0.15, 0.2) is 60.8 Å². The van der Waals surface area contributed by atoms with Crippen LogP contribution in [0.25, 0.3) is 11.1 Å². The molecule has 1 fully saturated rings. The first-order chi connectivity index (χ1) is 16.1. The van der Waals surface area contributed by atoms with E-state index in [-0.39, 0.29) is 23.0 Å². The fourth-order valence-corrected chi connectivity index (χ4v) is 4.13. The highest BCUT2D eigenvalue weighted by atomic mass is 35.5. The highest BCUT2D eigenvalue weighted by molar-refractivity contribution is 6.31. The Morgan fingerprint density at radius 2 is 1.79 bits per heavy atom. The number of aromatic nitrogens is 1. The predicted molar refractivity (Wildman–Crippen MR) is 129 cm³/mol. The van der Waals surface area contributed by atoms with Crippen LogP contribution in [0.5, 0.6) is 0 Å². The number of ether oxygens (including phenoxy) is 1. The van der Waals surface area contributed by atoms with Gasteiger partial charge in [-0.05, 0) is 75.2 Å². The molecule has 1 amide bonds. The molecule has 3 aromatic rings. The minimum Gasteiger partial charge on any atom is -0.444 e. The highest BCUT2D eigenvalue weighted by Gasteiger charge is 2.34. The molecule has 0 unspecified atom stereocenters. The number of likely N-dealkylation sites (tertiary alicyclic amines) is 1. The van der Waals surface area contributed by atoms with Gasteiger partial charge >= 0.3 is 6.09 Å². The van der Waals surface area contributed by atoms with E-state index in [1.54, 1.807) is 35.4 Å². The number of carbonyl (C=O) groups is 1. The predicted octanol–water partition coefficient (Wildman–Crippen LogP) is 6.83. The summed E-state index contributed by atoms with van der Waals surface area (Å²) in [5, 5.41) is 0.00688. The van der Waals surface area contributed by atoms with Gasteiger partial charge in [0.25, 0.3) is 0 Å². The number of nitrogens with zero attached hydrogens (tertiary/aromatic N) is 3. The lowest BCUT2D eigenvalue weighted by Crippen LogP contribution is -2.39. The monoisotopic (exact) mass is 485 g/mol. The Bertz CT molecular complexity index is 1160. The van der Waals surface area contributed by atoms with Gasteiger partial charge in [0, 0.05) is 30.5 Å². The van der Waals surface area contributed by atoms with Gasteiger partial charge in [0.05, 0.1) is 11.1 Å². The first-order valence-electron chi connectivity index (χ1n) is 11.0. The Morgan fingerprint density at radius 3 is 2.41 bits per heavy atom. The molecule has 0 N–H and O–H groups in total. The number of anilines is 2. The fraction of sp³-hybridized carbons (Fsp3) is 0.308. The van der Waals surface area contributed by atoms with E-state index in [2.05, 4.69) is 4.98 Å². The molecule has 2 heterocycles. The zero-order chi connectivity index (χ0) is 24.5. The molecular weight excluding hydrogens is 460 g/mol. The second kappa shape index (κ2) is 9.58. The number of benzene rings is 2. The lowest BCUT2D eigenvalue weighted by atomic mass is 10.1. The molecule has 1 aromatic heterocycles. The molecule has 0 aliphatic carbocycles. The van der Waals surface area contributed by atoms with Crippen LogP contribution in [-0.4, -0.2) is 40.7 Å². The minimum absolute atomic E-state index is 0.00688. The van der Waals surface area contributed by atoms with Crippen molar-refractivity contribution in [3.8, 4) is 11.1 Å². The lowest BCUT2D eigenvalue weighted by molar-refractivity contribution is 0.0293. The maximum absolute atomic E-state index is 13.9. The topological polar surface area (TPSA) is 45.7 Å². The minimum atomic E-state index is -0.586. The Hall–Kier alpha value is -3.19. The van der Waals surface area contributed by atoms with E-state index in [4.69, 9.17) is 16.3 Å². The van der Waals surface area contributed by atoms with E-state index in [1.165, 1.54) is 18.2 Å². The highest BCUT2D eigenvalue weighted by Crippen LogP contribution is 2.34. The summed E-state index contributed by atoms with van der Waals surface area (Å²) >= 11 is 6.08. The van der Waals surface area contributed by atoms with Crippen molar-refractivity contribution in [3.63, 3.8) is 0 Å². The van der Waals surface area contributed by atoms with Crippen LogP contribution in [-0.2, 0) is 4.74 Å². The average Bonchev–Trinajstić information content (AvgIpc) is 3.26. The van der Waals surface area contributed by atoms with Gasteiger partial charge in [-0.2, -0.15) is 0 Å². The maximum atomic E-state index is 13.9. The van der Waals surface area contributed by atoms with Crippen molar-refractivity contribution in [2.45, 2.75) is 38.8 Å². The summed E-state index contributed by atoms with van der Waals surface area (Å²) < 4.78 is 32.7. The number of amides is 1. The van der Waals surface area contributed by atoms with Crippen molar-refractivity contribution in [3.05, 3.63) is 77.5 Å². The van der Waals surface area contributed by atoms with Gasteiger partial charge in [0.15, 0.2) is 0 Å². The largest absolute Gasteiger partial charge is 0.444 e. The molecule has 1 aliphatic heterocycles. The van der Waals surface area contributed by atoms with Crippen molar-refractivity contribution in [2.24, 2.45) is 0 Å². The Balaban J connectivity index is 1.63. The van der Waals surface area contributed by atoms with Crippen LogP contribution >= 0.6 is 11.6 Å². The molecule has 0 radical (unpaired) electrons. The molecule has 34 heavy (non-hydrogen) atoms. The quantitative estimate of drug-likeness (QED) is 0.406. The average molecular weight is 486 g/mol. The maximum Gasteiger partial charge on any atom is 0.410 e. The molecule has 0 saturated carbocycles. The number of hydrogen-bond acceptors (Lipinski definition) is 4. The summed E-state index contributed by atoms with van der Waals surface area (Å²) in [7, 11) is 0. The third kappa shape index (κ3) is 5.47. The van der Waals surface area contributed by atoms with E-state index in [0.29, 0.717) is 31.0 Å². The van der Waals surface area contributed by atoms with E-state index in [0.717, 1.165) is 11.1 Å². The molecule has 0 spiro atoms. The van der Waals surface area contributed by atoms with Gasteiger partial charge in [-0.3, -0.25) is 0 Å². The fourth-order valence-electron chi connectivity index (χ4n) is 3.95. The second-order valence-corrected chi connectivity index (χ2v) is 9.66. The lowest BCUT2D eigenvalue weighted by Gasteiger charge is -2.31. The van der Waals surface area contributed by atoms with Crippen LogP contribution in [0.1, 0.15) is 27.2 Å². The first kappa shape index (κ1) is 24.0. The standard InChI is InChI=1S/C26H26ClF2N3O2/c1-26(2,3)34-25(33)31-13-12-21(16-31)32(20-9-10-23(29)22(27)14-20)24-11-6-18(15-30-24)17-4-7-19(28)8-5-17/h4-11,14-15,21H,12-13,16H2,1-3H3/t21-/m0/s1. The molecule has 0 bridgehead atoms. The molecule has 2 aromatic carbocycles. The van der Waals surface area contributed by atoms with Crippen LogP contribution in [0.4, 0.5) is 25.1 Å². The Morgan fingerprint density at radius 1 is 1.09 bits per heavy atom. The third-order valence-electron chi connectivity index (χ3n) is 5.53. The van der Waals surface area contributed by atoms with Crippen molar-refractivity contribution in [1.29, 1.82) is 0 Å². The van der Waals surface area contributed by atoms with E-state index in [1.807, 2.05) is 37.8 Å². The van der Waals surface area contributed by atoms with Crippen LogP contribution < -0.4 is 4.90 Å². The summed E-state index contributed by atoms with van der Waals surface area (Å²) in [6.45, 7) is 6.44. The zero-order valence-electron chi connectivity index (χ0n) is 19.3. The Labute approximate surface area is 202 Å². The number of hydrogen-bond donors (Lipinski definition) is 0. The van der Waals surface area contributed by atoms with Gasteiger partial charge < -0.3 is 14.5 Å². The molecule has 1 saturated heterocycles. The zero-order valence-corrected chi connectivity index (χ0v) is 20.0. The summed E-state index contributed by atoms with van der Waals surface area (Å²) in [5.74, 6) is -0.181. The molecule has 5 nitrogen and oxygen atoms in total. The normalized spacial score (nSPS) is 15.9. The van der Waals surface area contributed by atoms with Gasteiger partial charge in [0.1, 0.15) is 23.1 Å². The first-order valence-corrected chi connectivity index (χ1v) is 11.4. The van der Waals surface area contributed by atoms with Crippen molar-refractivity contribution < 1.29 is 18.3 Å². The van der Waals surface area contributed by atoms with Gasteiger partial charge in [-0.15, -0.1) is 0 Å². The summed E-state index contributed by atoms with van der Waals surface area (Å²) in [4.78, 5) is 20.9. The van der Waals surface area contributed by atoms with Crippen LogP contribution in [0.2, 0.25) is 5.02 Å². The van der Waals surface area contributed by atoms with Crippen LogP contribution in [0, 0.1) is 11.6 Å². The smallest absolute Gasteiger partial charge is 0.410 e. The van der Waals surface area contributed by atoms with Gasteiger partial charge in [-0.25, -0.2) is 18.6 Å². The number of carbonyl (C=O) groups excluding carboxylic acids is 1. The SMILES string of the molecule is CC(C)(C)OC(=O)N1CC[C@H](N(c2ccc(F)c(Cl)c2)c2ccc(-c3ccc(F)cc3)cn2)C1. The molecule has 4 rings (SSSR count). The molecule has 8 heteroatoms. The van der Waals surface area contributed by atoms with Crippen molar-refractivity contribution >= 4 is 29.2 Å². The number of rotatable bonds is 4. The molecule has 178 valence electrons. The van der Waals surface area contributed by atoms with Gasteiger partial charge in [0.2, 0.25) is 0 Å². The summed E-state index contributed by atoms with van der Waals surface area (Å²) in [6, 6.07) is 14.4. The van der Waals surface area contributed by atoms with Crippen molar-refractivity contribution in [1.82, 2.24) is 9.88 Å². The van der Waals surface area contributed by atoms with Crippen molar-refractivity contribution in [2.75, 3.05) is 18.0 Å². The summed E-state index contributed by atoms with van der Waals surface area (Å²) in [5.41, 5.74) is 1.76. The number of halogens is 3. The second-order valence-electron chi connectivity index (χ2n) is 9.25. The number of pyridine rings is 1. The Kier molecular flexibility index (Phi) is 6.75. The third-order valence-corrected chi connectivity index (χ3v) is 5.82. The van der Waals surface area contributed by atoms with E-state index >= 15 is 0 Å². The summed E-state index contributed by atoms with van der Waals surface area (Å²) in [6.07, 6.45) is 2.02. The van der Waals surface area contributed by atoms with Crippen LogP contribution in [0.3, 0.4) is 0 Å². The molecule has 1 atom stereocenters. The molecular formula is C26H26ClF2N3O2.